The van der Waals surface area contributed by atoms with Gasteiger partial charge >= 0.3 is 0 Å². The van der Waals surface area contributed by atoms with Crippen molar-refractivity contribution in [3.63, 3.8) is 0 Å². The van der Waals surface area contributed by atoms with Crippen LogP contribution in [-0.4, -0.2) is 26.6 Å². The molecular weight excluding hydrogens is 514 g/mol. The molecule has 3 N–H and O–H groups in total. The standard InChI is InChI=1S/C21H18FIN6O2/c1-21(2)14-17(28-20(21)31)26-18(27-19(14)30)15(29-23)12-7-5-9-24-16(12)25-10-11-6-3-4-8-13(11)22/h3-9H,10H2,1-2H3,(H,24,25)(H2,26,27,28,30,31). The van der Waals surface area contributed by atoms with Crippen LogP contribution in [0.25, 0.3) is 0 Å². The summed E-state index contributed by atoms with van der Waals surface area (Å²) in [7, 11) is 0. The zero-order valence-corrected chi connectivity index (χ0v) is 18.8. The molecule has 3 aromatic rings. The topological polar surface area (TPSA) is 112 Å². The van der Waals surface area contributed by atoms with Gasteiger partial charge in [-0.25, -0.2) is 17.6 Å². The Morgan fingerprint density at radius 2 is 2.00 bits per heavy atom. The molecule has 1 amide bonds. The highest BCUT2D eigenvalue weighted by Crippen LogP contribution is 2.33. The average Bonchev–Trinajstić information content (AvgIpc) is 2.97. The maximum Gasteiger partial charge on any atom is 0.257 e. The molecule has 1 aliphatic heterocycles. The van der Waals surface area contributed by atoms with Crippen molar-refractivity contribution in [2.75, 3.05) is 10.6 Å². The minimum atomic E-state index is -0.975. The van der Waals surface area contributed by atoms with Crippen LogP contribution in [0.3, 0.4) is 0 Å². The van der Waals surface area contributed by atoms with Gasteiger partial charge < -0.3 is 15.6 Å². The fourth-order valence-corrected chi connectivity index (χ4v) is 3.89. The second kappa shape index (κ2) is 8.17. The minimum Gasteiger partial charge on any atom is -0.365 e. The Morgan fingerprint density at radius 1 is 1.23 bits per heavy atom. The lowest BCUT2D eigenvalue weighted by Crippen LogP contribution is -2.32. The molecule has 158 valence electrons. The summed E-state index contributed by atoms with van der Waals surface area (Å²) in [5.41, 5.74) is 0.324. The van der Waals surface area contributed by atoms with Gasteiger partial charge in [-0.3, -0.25) is 9.59 Å². The van der Waals surface area contributed by atoms with Crippen molar-refractivity contribution in [3.05, 3.63) is 81.3 Å². The predicted octanol–water partition coefficient (Wildman–Crippen LogP) is 3.33. The Hall–Kier alpha value is -3.15. The highest BCUT2D eigenvalue weighted by Gasteiger charge is 2.42. The number of H-pyrrole nitrogens is 1. The molecule has 0 spiro atoms. The van der Waals surface area contributed by atoms with E-state index in [1.54, 1.807) is 50.4 Å². The maximum absolute atomic E-state index is 14.0. The fraction of sp³-hybridized carbons (Fsp3) is 0.190. The number of anilines is 2. The maximum atomic E-state index is 14.0. The average molecular weight is 532 g/mol. The number of nitrogens with zero attached hydrogens (tertiary/aromatic N) is 3. The van der Waals surface area contributed by atoms with E-state index >= 15 is 0 Å². The van der Waals surface area contributed by atoms with Crippen LogP contribution in [0.2, 0.25) is 0 Å². The number of carbonyl (C=O) groups excluding carboxylic acids is 1. The van der Waals surface area contributed by atoms with Crippen LogP contribution in [0, 0.1) is 5.82 Å². The summed E-state index contributed by atoms with van der Waals surface area (Å²) in [6, 6.07) is 9.95. The van der Waals surface area contributed by atoms with E-state index in [0.29, 0.717) is 22.7 Å². The number of amides is 1. The number of benzene rings is 1. The lowest BCUT2D eigenvalue weighted by Gasteiger charge is -2.14. The Labute approximate surface area is 190 Å². The molecule has 4 rings (SSSR count). The molecule has 0 saturated carbocycles. The van der Waals surface area contributed by atoms with E-state index in [0.717, 1.165) is 0 Å². The third-order valence-corrected chi connectivity index (χ3v) is 5.60. The molecule has 31 heavy (non-hydrogen) atoms. The molecule has 0 aliphatic carbocycles. The number of hydrogen-bond acceptors (Lipinski definition) is 6. The first-order chi connectivity index (χ1) is 14.8. The van der Waals surface area contributed by atoms with E-state index in [1.165, 1.54) is 6.07 Å². The smallest absolute Gasteiger partial charge is 0.257 e. The summed E-state index contributed by atoms with van der Waals surface area (Å²) in [5, 5.41) is 5.78. The second-order valence-electron chi connectivity index (χ2n) is 7.49. The van der Waals surface area contributed by atoms with Crippen molar-refractivity contribution in [2.24, 2.45) is 3.21 Å². The molecule has 0 atom stereocenters. The molecule has 0 radical (unpaired) electrons. The van der Waals surface area contributed by atoms with Crippen LogP contribution in [0.4, 0.5) is 16.0 Å². The second-order valence-corrected chi connectivity index (χ2v) is 7.98. The third-order valence-electron chi connectivity index (χ3n) is 5.12. The quantitative estimate of drug-likeness (QED) is 0.345. The monoisotopic (exact) mass is 532 g/mol. The molecule has 0 bridgehead atoms. The van der Waals surface area contributed by atoms with Crippen LogP contribution < -0.4 is 16.2 Å². The molecular formula is C21H18FIN6O2. The molecule has 1 aliphatic rings. The Bertz CT molecular complexity index is 1270. The lowest BCUT2D eigenvalue weighted by atomic mass is 9.88. The Morgan fingerprint density at radius 3 is 2.74 bits per heavy atom. The third kappa shape index (κ3) is 3.82. The number of rotatable bonds is 5. The summed E-state index contributed by atoms with van der Waals surface area (Å²) in [5.74, 6) is 0.250. The van der Waals surface area contributed by atoms with Crippen molar-refractivity contribution in [3.8, 4) is 0 Å². The van der Waals surface area contributed by atoms with Gasteiger partial charge in [0.25, 0.3) is 5.56 Å². The van der Waals surface area contributed by atoms with E-state index in [4.69, 9.17) is 0 Å². The lowest BCUT2D eigenvalue weighted by molar-refractivity contribution is -0.119. The first-order valence-electron chi connectivity index (χ1n) is 9.41. The Kier molecular flexibility index (Phi) is 5.56. The molecule has 2 aromatic heterocycles. The summed E-state index contributed by atoms with van der Waals surface area (Å²) < 4.78 is 18.2. The van der Waals surface area contributed by atoms with Gasteiger partial charge in [0.15, 0.2) is 5.82 Å². The van der Waals surface area contributed by atoms with Crippen LogP contribution in [0.15, 0.2) is 50.6 Å². The van der Waals surface area contributed by atoms with Gasteiger partial charge in [0.1, 0.15) is 23.2 Å². The van der Waals surface area contributed by atoms with Gasteiger partial charge in [-0.2, -0.15) is 0 Å². The molecule has 0 saturated heterocycles. The number of fused-ring (bicyclic) bond motifs is 1. The number of pyridine rings is 1. The van der Waals surface area contributed by atoms with E-state index in [2.05, 4.69) is 28.8 Å². The largest absolute Gasteiger partial charge is 0.365 e. The first kappa shape index (κ1) is 21.1. The molecule has 0 fully saturated rings. The van der Waals surface area contributed by atoms with E-state index in [9.17, 15) is 14.0 Å². The summed E-state index contributed by atoms with van der Waals surface area (Å²) in [4.78, 5) is 36.5. The van der Waals surface area contributed by atoms with Crippen molar-refractivity contribution in [1.82, 2.24) is 15.0 Å². The highest BCUT2D eigenvalue weighted by molar-refractivity contribution is 14.1. The van der Waals surface area contributed by atoms with Crippen molar-refractivity contribution in [1.29, 1.82) is 0 Å². The van der Waals surface area contributed by atoms with Crippen LogP contribution in [0.5, 0.6) is 0 Å². The molecule has 0 unspecified atom stereocenters. The van der Waals surface area contributed by atoms with Crippen molar-refractivity contribution in [2.45, 2.75) is 25.8 Å². The summed E-state index contributed by atoms with van der Waals surface area (Å²) >= 11 is 1.81. The van der Waals surface area contributed by atoms with Gasteiger partial charge in [-0.05, 0) is 32.0 Å². The van der Waals surface area contributed by atoms with Gasteiger partial charge in [-0.15, -0.1) is 0 Å². The number of carbonyl (C=O) groups is 1. The zero-order valence-electron chi connectivity index (χ0n) is 16.7. The normalized spacial score (nSPS) is 14.8. The summed E-state index contributed by atoms with van der Waals surface area (Å²) in [6.07, 6.45) is 1.60. The number of aromatic amines is 1. The fourth-order valence-electron chi connectivity index (χ4n) is 3.40. The number of hydrogen-bond donors (Lipinski definition) is 3. The molecule has 1 aromatic carbocycles. The van der Waals surface area contributed by atoms with E-state index in [-0.39, 0.29) is 35.5 Å². The van der Waals surface area contributed by atoms with E-state index in [1.807, 2.05) is 22.9 Å². The van der Waals surface area contributed by atoms with E-state index < -0.39 is 11.0 Å². The number of halogens is 2. The van der Waals surface area contributed by atoms with Gasteiger partial charge in [-0.1, -0.05) is 18.2 Å². The van der Waals surface area contributed by atoms with Gasteiger partial charge in [0.05, 0.1) is 33.8 Å². The number of nitrogens with one attached hydrogen (secondary N) is 3. The van der Waals surface area contributed by atoms with Gasteiger partial charge in [0, 0.05) is 23.9 Å². The molecule has 8 nitrogen and oxygen atoms in total. The van der Waals surface area contributed by atoms with Crippen LogP contribution >= 0.6 is 22.9 Å². The summed E-state index contributed by atoms with van der Waals surface area (Å²) in [6.45, 7) is 3.55. The van der Waals surface area contributed by atoms with Gasteiger partial charge in [0.2, 0.25) is 5.91 Å². The number of aromatic nitrogens is 3. The van der Waals surface area contributed by atoms with Crippen LogP contribution in [-0.2, 0) is 16.8 Å². The SMILES string of the molecule is CC1(C)C(=O)Nc2nc(C(=NI)c3cccnc3NCc3ccccc3F)[nH]c(=O)c21. The predicted molar refractivity (Wildman–Crippen MR) is 124 cm³/mol. The Balaban J connectivity index is 1.71. The molecule has 3 heterocycles. The van der Waals surface area contributed by atoms with Crippen molar-refractivity contribution < 1.29 is 9.18 Å². The van der Waals surface area contributed by atoms with Crippen LogP contribution in [0.1, 0.15) is 36.4 Å². The zero-order chi connectivity index (χ0) is 22.2. The minimum absolute atomic E-state index is 0.193. The molecule has 10 heteroatoms. The highest BCUT2D eigenvalue weighted by atomic mass is 127. The first-order valence-corrected chi connectivity index (χ1v) is 10.4. The van der Waals surface area contributed by atoms with Crippen molar-refractivity contribution >= 4 is 46.1 Å².